The highest BCUT2D eigenvalue weighted by Gasteiger charge is 2.31. The molecule has 2 atom stereocenters. The van der Waals surface area contributed by atoms with Crippen LogP contribution in [0.5, 0.6) is 5.88 Å². The molecule has 6 heteroatoms. The van der Waals surface area contributed by atoms with E-state index in [4.69, 9.17) is 9.47 Å². The van der Waals surface area contributed by atoms with E-state index >= 15 is 0 Å². The Bertz CT molecular complexity index is 838. The molecular formula is C20H21F2NO3. The molecule has 0 radical (unpaired) electrons. The molecule has 1 aliphatic rings. The van der Waals surface area contributed by atoms with E-state index in [-0.39, 0.29) is 18.1 Å². The van der Waals surface area contributed by atoms with Gasteiger partial charge in [0.25, 0.3) is 0 Å². The van der Waals surface area contributed by atoms with E-state index in [1.807, 2.05) is 13.8 Å². The van der Waals surface area contributed by atoms with Crippen LogP contribution in [-0.4, -0.2) is 29.4 Å². The van der Waals surface area contributed by atoms with Crippen molar-refractivity contribution in [3.63, 3.8) is 0 Å². The Labute approximate surface area is 151 Å². The van der Waals surface area contributed by atoms with Gasteiger partial charge in [-0.15, -0.1) is 0 Å². The first-order valence-electron chi connectivity index (χ1n) is 8.53. The standard InChI is InChI=1S/C20H21F2NO3/c1-4-25-12(3)18-9-15(14-6-5-13(21)8-17(14)22)16-7-11(2)19(10-24)26-20(16)23-18/h5-6,8-9,11,19,24H,3-4,7,10H2,1-2H3. The second kappa shape index (κ2) is 7.41. The third kappa shape index (κ3) is 3.42. The average molecular weight is 361 g/mol. The molecule has 0 saturated heterocycles. The minimum Gasteiger partial charge on any atom is -0.492 e. The first-order valence-corrected chi connectivity index (χ1v) is 8.53. The Morgan fingerprint density at radius 1 is 1.35 bits per heavy atom. The summed E-state index contributed by atoms with van der Waals surface area (Å²) in [5.74, 6) is -0.625. The van der Waals surface area contributed by atoms with Gasteiger partial charge in [0.05, 0.1) is 13.2 Å². The molecule has 1 aromatic carbocycles. The van der Waals surface area contributed by atoms with Crippen LogP contribution in [0.1, 0.15) is 25.1 Å². The van der Waals surface area contributed by atoms with Crippen molar-refractivity contribution in [2.75, 3.05) is 13.2 Å². The van der Waals surface area contributed by atoms with Crippen molar-refractivity contribution < 1.29 is 23.4 Å². The summed E-state index contributed by atoms with van der Waals surface area (Å²) in [6.07, 6.45) is 0.165. The number of hydrogen-bond donors (Lipinski definition) is 1. The molecule has 1 aliphatic heterocycles. The van der Waals surface area contributed by atoms with E-state index < -0.39 is 17.7 Å². The zero-order chi connectivity index (χ0) is 18.8. The van der Waals surface area contributed by atoms with Crippen molar-refractivity contribution in [2.24, 2.45) is 5.92 Å². The Morgan fingerprint density at radius 3 is 2.77 bits per heavy atom. The van der Waals surface area contributed by atoms with Gasteiger partial charge in [-0.05, 0) is 43.0 Å². The van der Waals surface area contributed by atoms with E-state index in [9.17, 15) is 13.9 Å². The van der Waals surface area contributed by atoms with Crippen molar-refractivity contribution in [3.05, 3.63) is 53.7 Å². The maximum absolute atomic E-state index is 14.4. The summed E-state index contributed by atoms with van der Waals surface area (Å²) in [4.78, 5) is 4.44. The fourth-order valence-corrected chi connectivity index (χ4v) is 3.11. The lowest BCUT2D eigenvalue weighted by Gasteiger charge is -2.31. The number of aliphatic hydroxyl groups is 1. The first kappa shape index (κ1) is 18.3. The second-order valence-corrected chi connectivity index (χ2v) is 6.34. The van der Waals surface area contributed by atoms with Crippen LogP contribution in [0.2, 0.25) is 0 Å². The van der Waals surface area contributed by atoms with E-state index in [2.05, 4.69) is 11.6 Å². The zero-order valence-corrected chi connectivity index (χ0v) is 14.8. The molecule has 2 unspecified atom stereocenters. The largest absolute Gasteiger partial charge is 0.492 e. The van der Waals surface area contributed by atoms with E-state index in [1.165, 1.54) is 12.1 Å². The number of aliphatic hydroxyl groups excluding tert-OH is 1. The second-order valence-electron chi connectivity index (χ2n) is 6.34. The summed E-state index contributed by atoms with van der Waals surface area (Å²) in [5.41, 5.74) is 1.96. The topological polar surface area (TPSA) is 51.6 Å². The van der Waals surface area contributed by atoms with Crippen LogP contribution in [0.3, 0.4) is 0 Å². The molecule has 0 fully saturated rings. The fraction of sp³-hybridized carbons (Fsp3) is 0.350. The highest BCUT2D eigenvalue weighted by Crippen LogP contribution is 2.39. The lowest BCUT2D eigenvalue weighted by molar-refractivity contribution is 0.0563. The predicted molar refractivity (Wildman–Crippen MR) is 94.6 cm³/mol. The Hall–Kier alpha value is -2.47. The van der Waals surface area contributed by atoms with Gasteiger partial charge >= 0.3 is 0 Å². The third-order valence-corrected chi connectivity index (χ3v) is 4.52. The summed E-state index contributed by atoms with van der Waals surface area (Å²) < 4.78 is 39.0. The fourth-order valence-electron chi connectivity index (χ4n) is 3.11. The number of nitrogens with zero attached hydrogens (tertiary/aromatic N) is 1. The van der Waals surface area contributed by atoms with Crippen LogP contribution in [0, 0.1) is 17.6 Å². The van der Waals surface area contributed by atoms with E-state index in [0.29, 0.717) is 35.9 Å². The monoisotopic (exact) mass is 361 g/mol. The summed E-state index contributed by atoms with van der Waals surface area (Å²) in [6.45, 7) is 7.89. The summed E-state index contributed by atoms with van der Waals surface area (Å²) in [6, 6.07) is 5.15. The molecule has 1 N–H and O–H groups in total. The molecular weight excluding hydrogens is 340 g/mol. The van der Waals surface area contributed by atoms with Crippen LogP contribution >= 0.6 is 0 Å². The van der Waals surface area contributed by atoms with Crippen molar-refractivity contribution in [3.8, 4) is 17.0 Å². The normalized spacial score (nSPS) is 18.8. The molecule has 2 heterocycles. The number of rotatable bonds is 5. The van der Waals surface area contributed by atoms with Crippen LogP contribution in [0.25, 0.3) is 16.9 Å². The molecule has 0 bridgehead atoms. The highest BCUT2D eigenvalue weighted by atomic mass is 19.1. The SMILES string of the molecule is C=C(OCC)c1cc(-c2ccc(F)cc2F)c2c(n1)OC(CO)C(C)C2. The molecule has 2 aromatic rings. The summed E-state index contributed by atoms with van der Waals surface area (Å²) in [7, 11) is 0. The van der Waals surface area contributed by atoms with Gasteiger partial charge in [0.2, 0.25) is 5.88 Å². The quantitative estimate of drug-likeness (QED) is 0.819. The van der Waals surface area contributed by atoms with Gasteiger partial charge < -0.3 is 14.6 Å². The molecule has 138 valence electrons. The number of aromatic nitrogens is 1. The minimum absolute atomic E-state index is 0.0255. The number of pyridine rings is 1. The van der Waals surface area contributed by atoms with Crippen molar-refractivity contribution in [1.29, 1.82) is 0 Å². The van der Waals surface area contributed by atoms with Gasteiger partial charge in [-0.25, -0.2) is 13.8 Å². The number of hydrogen-bond acceptors (Lipinski definition) is 4. The van der Waals surface area contributed by atoms with E-state index in [1.54, 1.807) is 6.07 Å². The van der Waals surface area contributed by atoms with Crippen LogP contribution in [0.15, 0.2) is 30.8 Å². The minimum atomic E-state index is -0.664. The van der Waals surface area contributed by atoms with Gasteiger partial charge in [-0.3, -0.25) is 0 Å². The molecule has 1 aromatic heterocycles. The molecule has 26 heavy (non-hydrogen) atoms. The average Bonchev–Trinajstić information content (AvgIpc) is 2.61. The Morgan fingerprint density at radius 2 is 2.12 bits per heavy atom. The van der Waals surface area contributed by atoms with Gasteiger partial charge in [0.1, 0.15) is 29.2 Å². The lowest BCUT2D eigenvalue weighted by atomic mass is 9.88. The van der Waals surface area contributed by atoms with Gasteiger partial charge in [0.15, 0.2) is 0 Å². The Balaban J connectivity index is 2.18. The maximum atomic E-state index is 14.4. The summed E-state index contributed by atoms with van der Waals surface area (Å²) >= 11 is 0. The van der Waals surface area contributed by atoms with E-state index in [0.717, 1.165) is 11.6 Å². The summed E-state index contributed by atoms with van der Waals surface area (Å²) in [5, 5.41) is 9.51. The smallest absolute Gasteiger partial charge is 0.218 e. The highest BCUT2D eigenvalue weighted by molar-refractivity contribution is 5.74. The predicted octanol–water partition coefficient (Wildman–Crippen LogP) is 3.97. The Kier molecular flexibility index (Phi) is 5.23. The lowest BCUT2D eigenvalue weighted by Crippen LogP contribution is -2.35. The van der Waals surface area contributed by atoms with Crippen LogP contribution in [-0.2, 0) is 11.2 Å². The van der Waals surface area contributed by atoms with Crippen LogP contribution < -0.4 is 4.74 Å². The van der Waals surface area contributed by atoms with Gasteiger partial charge in [-0.1, -0.05) is 13.5 Å². The third-order valence-electron chi connectivity index (χ3n) is 4.52. The maximum Gasteiger partial charge on any atom is 0.218 e. The zero-order valence-electron chi connectivity index (χ0n) is 14.8. The molecule has 0 aliphatic carbocycles. The van der Waals surface area contributed by atoms with Crippen molar-refractivity contribution >= 4 is 5.76 Å². The number of fused-ring (bicyclic) bond motifs is 1. The van der Waals surface area contributed by atoms with Crippen molar-refractivity contribution in [2.45, 2.75) is 26.4 Å². The molecule has 0 spiro atoms. The molecule has 3 rings (SSSR count). The van der Waals surface area contributed by atoms with Crippen LogP contribution in [0.4, 0.5) is 8.78 Å². The van der Waals surface area contributed by atoms with Crippen molar-refractivity contribution in [1.82, 2.24) is 4.98 Å². The number of ether oxygens (including phenoxy) is 2. The number of benzene rings is 1. The first-order chi connectivity index (χ1) is 12.4. The number of halogens is 2. The molecule has 0 saturated carbocycles. The molecule has 4 nitrogen and oxygen atoms in total. The molecule has 0 amide bonds. The van der Waals surface area contributed by atoms with Gasteiger partial charge in [0, 0.05) is 17.2 Å². The van der Waals surface area contributed by atoms with Gasteiger partial charge in [-0.2, -0.15) is 0 Å².